The SMILES string of the molecule is CC(C)(C)NC(=O)c1c(C[C@@H](O)CN)ccc2ccccc12. The molecule has 2 aromatic rings. The fraction of sp³-hybridized carbons (Fsp3) is 0.389. The minimum absolute atomic E-state index is 0.122. The van der Waals surface area contributed by atoms with Crippen LogP contribution in [0.1, 0.15) is 36.7 Å². The number of hydrogen-bond acceptors (Lipinski definition) is 3. The molecular formula is C18H24N2O2. The number of amides is 1. The number of aliphatic hydroxyl groups excluding tert-OH is 1. The highest BCUT2D eigenvalue weighted by molar-refractivity contribution is 6.08. The number of carbonyl (C=O) groups excluding carboxylic acids is 1. The molecule has 2 rings (SSSR count). The summed E-state index contributed by atoms with van der Waals surface area (Å²) in [5.41, 5.74) is 6.63. The Balaban J connectivity index is 2.54. The average Bonchev–Trinajstić information content (AvgIpc) is 2.44. The van der Waals surface area contributed by atoms with Crippen molar-refractivity contribution in [2.75, 3.05) is 6.54 Å². The van der Waals surface area contributed by atoms with E-state index in [-0.39, 0.29) is 18.0 Å². The van der Waals surface area contributed by atoms with E-state index in [1.54, 1.807) is 0 Å². The van der Waals surface area contributed by atoms with E-state index in [2.05, 4.69) is 5.32 Å². The molecule has 0 saturated heterocycles. The van der Waals surface area contributed by atoms with Crippen molar-refractivity contribution in [2.24, 2.45) is 5.73 Å². The summed E-state index contributed by atoms with van der Waals surface area (Å²) >= 11 is 0. The molecule has 0 bridgehead atoms. The zero-order chi connectivity index (χ0) is 16.3. The number of fused-ring (bicyclic) bond motifs is 1. The lowest BCUT2D eigenvalue weighted by Gasteiger charge is -2.23. The quantitative estimate of drug-likeness (QED) is 0.810. The third-order valence-corrected chi connectivity index (χ3v) is 3.46. The maximum absolute atomic E-state index is 12.7. The van der Waals surface area contributed by atoms with E-state index >= 15 is 0 Å². The van der Waals surface area contributed by atoms with Gasteiger partial charge in [0.05, 0.1) is 11.7 Å². The second kappa shape index (κ2) is 6.46. The van der Waals surface area contributed by atoms with Gasteiger partial charge < -0.3 is 16.2 Å². The minimum atomic E-state index is -0.651. The summed E-state index contributed by atoms with van der Waals surface area (Å²) in [4.78, 5) is 12.7. The number of carbonyl (C=O) groups is 1. The Hall–Kier alpha value is -1.91. The molecule has 0 aliphatic heterocycles. The van der Waals surface area contributed by atoms with Crippen LogP contribution >= 0.6 is 0 Å². The Morgan fingerprint density at radius 1 is 1.23 bits per heavy atom. The van der Waals surface area contributed by atoms with Crippen molar-refractivity contribution in [1.82, 2.24) is 5.32 Å². The monoisotopic (exact) mass is 300 g/mol. The van der Waals surface area contributed by atoms with Gasteiger partial charge in [-0.1, -0.05) is 36.4 Å². The Labute approximate surface area is 131 Å². The largest absolute Gasteiger partial charge is 0.391 e. The predicted octanol–water partition coefficient (Wildman–Crippen LogP) is 2.23. The normalized spacial score (nSPS) is 13.1. The predicted molar refractivity (Wildman–Crippen MR) is 89.9 cm³/mol. The van der Waals surface area contributed by atoms with Gasteiger partial charge in [-0.15, -0.1) is 0 Å². The summed E-state index contributed by atoms with van der Waals surface area (Å²) in [7, 11) is 0. The van der Waals surface area contributed by atoms with Gasteiger partial charge in [0.25, 0.3) is 5.91 Å². The van der Waals surface area contributed by atoms with Crippen LogP contribution in [-0.4, -0.2) is 29.2 Å². The third-order valence-electron chi connectivity index (χ3n) is 3.46. The van der Waals surface area contributed by atoms with Crippen LogP contribution in [0.25, 0.3) is 10.8 Å². The van der Waals surface area contributed by atoms with Gasteiger partial charge in [-0.25, -0.2) is 0 Å². The molecular weight excluding hydrogens is 276 g/mol. The van der Waals surface area contributed by atoms with Crippen molar-refractivity contribution in [2.45, 2.75) is 38.8 Å². The Bertz CT molecular complexity index is 674. The first kappa shape index (κ1) is 16.5. The van der Waals surface area contributed by atoms with E-state index in [4.69, 9.17) is 5.73 Å². The van der Waals surface area contributed by atoms with Gasteiger partial charge in [0.15, 0.2) is 0 Å². The van der Waals surface area contributed by atoms with Crippen LogP contribution in [0, 0.1) is 0 Å². The Morgan fingerprint density at radius 2 is 1.91 bits per heavy atom. The fourth-order valence-corrected chi connectivity index (χ4v) is 2.50. The summed E-state index contributed by atoms with van der Waals surface area (Å²) in [5, 5.41) is 14.8. The second-order valence-corrected chi connectivity index (χ2v) is 6.62. The van der Waals surface area contributed by atoms with Gasteiger partial charge in [-0.05, 0) is 37.1 Å². The molecule has 0 radical (unpaired) electrons. The van der Waals surface area contributed by atoms with E-state index < -0.39 is 6.10 Å². The number of rotatable bonds is 4. The lowest BCUT2D eigenvalue weighted by molar-refractivity contribution is 0.0919. The lowest BCUT2D eigenvalue weighted by atomic mass is 9.94. The molecule has 0 heterocycles. The van der Waals surface area contributed by atoms with Crippen molar-refractivity contribution >= 4 is 16.7 Å². The van der Waals surface area contributed by atoms with Crippen molar-refractivity contribution < 1.29 is 9.90 Å². The highest BCUT2D eigenvalue weighted by atomic mass is 16.3. The van der Waals surface area contributed by atoms with Gasteiger partial charge in [-0.3, -0.25) is 4.79 Å². The zero-order valence-corrected chi connectivity index (χ0v) is 13.4. The first-order valence-corrected chi connectivity index (χ1v) is 7.53. The van der Waals surface area contributed by atoms with Crippen molar-refractivity contribution in [3.05, 3.63) is 47.5 Å². The van der Waals surface area contributed by atoms with E-state index in [1.165, 1.54) is 0 Å². The van der Waals surface area contributed by atoms with Gasteiger partial charge in [0.2, 0.25) is 0 Å². The van der Waals surface area contributed by atoms with Crippen LogP contribution < -0.4 is 11.1 Å². The van der Waals surface area contributed by atoms with Gasteiger partial charge in [-0.2, -0.15) is 0 Å². The molecule has 0 aromatic heterocycles. The van der Waals surface area contributed by atoms with Crippen molar-refractivity contribution in [1.29, 1.82) is 0 Å². The maximum Gasteiger partial charge on any atom is 0.252 e. The molecule has 118 valence electrons. The molecule has 4 heteroatoms. The number of hydrogen-bond donors (Lipinski definition) is 3. The molecule has 0 aliphatic carbocycles. The summed E-state index contributed by atoms with van der Waals surface area (Å²) in [6.07, 6.45) is -0.281. The number of nitrogens with one attached hydrogen (secondary N) is 1. The van der Waals surface area contributed by atoms with Crippen LogP contribution in [0.5, 0.6) is 0 Å². The molecule has 0 aliphatic rings. The van der Waals surface area contributed by atoms with Crippen LogP contribution in [-0.2, 0) is 6.42 Å². The van der Waals surface area contributed by atoms with Crippen LogP contribution in [0.15, 0.2) is 36.4 Å². The molecule has 1 atom stereocenters. The Kier molecular flexibility index (Phi) is 4.84. The summed E-state index contributed by atoms with van der Waals surface area (Å²) in [6.45, 7) is 6.02. The summed E-state index contributed by atoms with van der Waals surface area (Å²) in [5.74, 6) is -0.122. The topological polar surface area (TPSA) is 75.3 Å². The third kappa shape index (κ3) is 3.84. The van der Waals surface area contributed by atoms with Crippen LogP contribution in [0.2, 0.25) is 0 Å². The second-order valence-electron chi connectivity index (χ2n) is 6.62. The molecule has 0 saturated carbocycles. The molecule has 4 nitrogen and oxygen atoms in total. The highest BCUT2D eigenvalue weighted by Gasteiger charge is 2.21. The number of benzene rings is 2. The molecule has 0 fully saturated rings. The van der Waals surface area contributed by atoms with Crippen LogP contribution in [0.4, 0.5) is 0 Å². The van der Waals surface area contributed by atoms with E-state index in [1.807, 2.05) is 57.2 Å². The zero-order valence-electron chi connectivity index (χ0n) is 13.4. The molecule has 0 spiro atoms. The highest BCUT2D eigenvalue weighted by Crippen LogP contribution is 2.24. The van der Waals surface area contributed by atoms with E-state index in [9.17, 15) is 9.90 Å². The maximum atomic E-state index is 12.7. The first-order valence-electron chi connectivity index (χ1n) is 7.53. The smallest absolute Gasteiger partial charge is 0.252 e. The van der Waals surface area contributed by atoms with Crippen molar-refractivity contribution in [3.63, 3.8) is 0 Å². The van der Waals surface area contributed by atoms with Gasteiger partial charge in [0.1, 0.15) is 0 Å². The number of aliphatic hydroxyl groups is 1. The summed E-state index contributed by atoms with van der Waals surface area (Å²) in [6, 6.07) is 11.7. The van der Waals surface area contributed by atoms with Crippen LogP contribution in [0.3, 0.4) is 0 Å². The number of nitrogens with two attached hydrogens (primary N) is 1. The molecule has 22 heavy (non-hydrogen) atoms. The minimum Gasteiger partial charge on any atom is -0.391 e. The summed E-state index contributed by atoms with van der Waals surface area (Å²) < 4.78 is 0. The first-order chi connectivity index (χ1) is 10.3. The van der Waals surface area contributed by atoms with Crippen molar-refractivity contribution in [3.8, 4) is 0 Å². The van der Waals surface area contributed by atoms with Gasteiger partial charge in [0, 0.05) is 18.5 Å². The molecule has 4 N–H and O–H groups in total. The average molecular weight is 300 g/mol. The molecule has 0 unspecified atom stereocenters. The molecule has 1 amide bonds. The van der Waals surface area contributed by atoms with E-state index in [0.717, 1.165) is 16.3 Å². The molecule has 2 aromatic carbocycles. The van der Waals surface area contributed by atoms with Gasteiger partial charge >= 0.3 is 0 Å². The van der Waals surface area contributed by atoms with E-state index in [0.29, 0.717) is 12.0 Å². The lowest BCUT2D eigenvalue weighted by Crippen LogP contribution is -2.41. The fourth-order valence-electron chi connectivity index (χ4n) is 2.50. The standard InChI is InChI=1S/C18H24N2O2/c1-18(2,3)20-17(22)16-13(10-14(21)11-19)9-8-12-6-4-5-7-15(12)16/h4-9,14,21H,10-11,19H2,1-3H3,(H,20,22)/t14-/m1/s1. The Morgan fingerprint density at radius 3 is 2.55 bits per heavy atom.